The molecule has 1 aliphatic rings. The molecule has 1 atom stereocenters. The molecule has 1 aromatic rings. The molecule has 1 fully saturated rings. The minimum absolute atomic E-state index is 0.121. The predicted molar refractivity (Wildman–Crippen MR) is 61.5 cm³/mol. The second-order valence-corrected chi connectivity index (χ2v) is 4.33. The molecule has 1 heterocycles. The first kappa shape index (κ1) is 11.4. The van der Waals surface area contributed by atoms with Crippen molar-refractivity contribution >= 4 is 0 Å². The van der Waals surface area contributed by atoms with Crippen molar-refractivity contribution < 1.29 is 14.9 Å². The SMILES string of the molecule is OCC(c1cccc(O)c1)C1CCOCC1. The highest BCUT2D eigenvalue weighted by Crippen LogP contribution is 2.32. The molecule has 0 bridgehead atoms. The van der Waals surface area contributed by atoms with E-state index in [4.69, 9.17) is 4.74 Å². The average Bonchev–Trinajstić information content (AvgIpc) is 2.31. The number of ether oxygens (including phenoxy) is 1. The monoisotopic (exact) mass is 222 g/mol. The number of hydrogen-bond donors (Lipinski definition) is 2. The molecule has 2 N–H and O–H groups in total. The van der Waals surface area contributed by atoms with Gasteiger partial charge in [0, 0.05) is 19.1 Å². The maximum absolute atomic E-state index is 9.50. The molecular weight excluding hydrogens is 204 g/mol. The highest BCUT2D eigenvalue weighted by atomic mass is 16.5. The summed E-state index contributed by atoms with van der Waals surface area (Å²) in [6, 6.07) is 7.20. The lowest BCUT2D eigenvalue weighted by molar-refractivity contribution is 0.0493. The summed E-state index contributed by atoms with van der Waals surface area (Å²) < 4.78 is 5.32. The Bertz CT molecular complexity index is 332. The zero-order chi connectivity index (χ0) is 11.4. The molecule has 3 heteroatoms. The zero-order valence-electron chi connectivity index (χ0n) is 9.30. The van der Waals surface area contributed by atoms with Crippen LogP contribution in [0.5, 0.6) is 5.75 Å². The predicted octanol–water partition coefficient (Wildman–Crippen LogP) is 1.89. The molecule has 1 aliphatic heterocycles. The molecule has 0 saturated carbocycles. The number of aliphatic hydroxyl groups is 1. The summed E-state index contributed by atoms with van der Waals surface area (Å²) in [5.41, 5.74) is 1.02. The largest absolute Gasteiger partial charge is 0.508 e. The summed E-state index contributed by atoms with van der Waals surface area (Å²) >= 11 is 0. The standard InChI is InChI=1S/C13H18O3/c14-9-13(10-4-6-16-7-5-10)11-2-1-3-12(15)8-11/h1-3,8,10,13-15H,4-7,9H2. The summed E-state index contributed by atoms with van der Waals surface area (Å²) in [7, 11) is 0. The normalized spacial score (nSPS) is 19.6. The highest BCUT2D eigenvalue weighted by molar-refractivity contribution is 5.30. The van der Waals surface area contributed by atoms with E-state index < -0.39 is 0 Å². The summed E-state index contributed by atoms with van der Waals surface area (Å²) in [5.74, 6) is 0.847. The Morgan fingerprint density at radius 3 is 2.69 bits per heavy atom. The molecule has 0 amide bonds. The fraction of sp³-hybridized carbons (Fsp3) is 0.538. The van der Waals surface area contributed by atoms with Crippen molar-refractivity contribution in [2.24, 2.45) is 5.92 Å². The Morgan fingerprint density at radius 1 is 1.31 bits per heavy atom. The first-order valence-electron chi connectivity index (χ1n) is 5.79. The van der Waals surface area contributed by atoms with Crippen LogP contribution in [-0.2, 0) is 4.74 Å². The van der Waals surface area contributed by atoms with E-state index in [1.807, 2.05) is 12.1 Å². The van der Waals surface area contributed by atoms with Gasteiger partial charge in [-0.2, -0.15) is 0 Å². The fourth-order valence-corrected chi connectivity index (χ4v) is 2.40. The van der Waals surface area contributed by atoms with Crippen LogP contribution in [0.25, 0.3) is 0 Å². The summed E-state index contributed by atoms with van der Waals surface area (Å²) in [6.07, 6.45) is 1.97. The molecule has 0 aromatic heterocycles. The van der Waals surface area contributed by atoms with E-state index in [1.165, 1.54) is 0 Å². The number of aliphatic hydroxyl groups excluding tert-OH is 1. The first-order valence-corrected chi connectivity index (χ1v) is 5.79. The second kappa shape index (κ2) is 5.32. The number of rotatable bonds is 3. The molecule has 1 saturated heterocycles. The van der Waals surface area contributed by atoms with Crippen LogP contribution in [0, 0.1) is 5.92 Å². The Kier molecular flexibility index (Phi) is 3.80. The molecule has 0 spiro atoms. The molecular formula is C13H18O3. The van der Waals surface area contributed by atoms with Gasteiger partial charge in [-0.05, 0) is 36.5 Å². The Balaban J connectivity index is 2.14. The number of phenolic OH excluding ortho intramolecular Hbond substituents is 1. The highest BCUT2D eigenvalue weighted by Gasteiger charge is 2.24. The van der Waals surface area contributed by atoms with E-state index >= 15 is 0 Å². The van der Waals surface area contributed by atoms with E-state index in [0.29, 0.717) is 5.92 Å². The van der Waals surface area contributed by atoms with E-state index in [0.717, 1.165) is 31.6 Å². The molecule has 3 nitrogen and oxygen atoms in total. The van der Waals surface area contributed by atoms with Gasteiger partial charge in [0.25, 0.3) is 0 Å². The van der Waals surface area contributed by atoms with Gasteiger partial charge in [0.05, 0.1) is 6.61 Å². The van der Waals surface area contributed by atoms with Crippen molar-refractivity contribution in [3.8, 4) is 5.75 Å². The van der Waals surface area contributed by atoms with Gasteiger partial charge in [-0.3, -0.25) is 0 Å². The quantitative estimate of drug-likeness (QED) is 0.821. The van der Waals surface area contributed by atoms with Gasteiger partial charge >= 0.3 is 0 Å². The molecule has 1 unspecified atom stereocenters. The van der Waals surface area contributed by atoms with Gasteiger partial charge < -0.3 is 14.9 Å². The van der Waals surface area contributed by atoms with Crippen LogP contribution in [0.4, 0.5) is 0 Å². The van der Waals surface area contributed by atoms with Crippen LogP contribution in [0.2, 0.25) is 0 Å². The summed E-state index contributed by atoms with van der Waals surface area (Å²) in [5, 5.41) is 18.9. The van der Waals surface area contributed by atoms with Crippen LogP contribution in [0.1, 0.15) is 24.3 Å². The minimum Gasteiger partial charge on any atom is -0.508 e. The van der Waals surface area contributed by atoms with Crippen LogP contribution in [0.15, 0.2) is 24.3 Å². The van der Waals surface area contributed by atoms with E-state index in [9.17, 15) is 10.2 Å². The van der Waals surface area contributed by atoms with Crippen molar-refractivity contribution in [3.63, 3.8) is 0 Å². The van der Waals surface area contributed by atoms with Crippen molar-refractivity contribution in [1.82, 2.24) is 0 Å². The topological polar surface area (TPSA) is 49.7 Å². The number of phenols is 1. The van der Waals surface area contributed by atoms with E-state index in [1.54, 1.807) is 12.1 Å². The van der Waals surface area contributed by atoms with Crippen molar-refractivity contribution in [2.75, 3.05) is 19.8 Å². The number of aromatic hydroxyl groups is 1. The van der Waals surface area contributed by atoms with Gasteiger partial charge in [0.2, 0.25) is 0 Å². The molecule has 88 valence electrons. The van der Waals surface area contributed by atoms with Crippen LogP contribution < -0.4 is 0 Å². The molecule has 0 radical (unpaired) electrons. The van der Waals surface area contributed by atoms with Crippen molar-refractivity contribution in [2.45, 2.75) is 18.8 Å². The lowest BCUT2D eigenvalue weighted by atomic mass is 9.82. The minimum atomic E-state index is 0.121. The average molecular weight is 222 g/mol. The molecule has 16 heavy (non-hydrogen) atoms. The molecule has 0 aliphatic carbocycles. The second-order valence-electron chi connectivity index (χ2n) is 4.33. The van der Waals surface area contributed by atoms with Crippen LogP contribution >= 0.6 is 0 Å². The Hall–Kier alpha value is -1.06. The van der Waals surface area contributed by atoms with Crippen LogP contribution in [-0.4, -0.2) is 30.0 Å². The van der Waals surface area contributed by atoms with Gasteiger partial charge in [-0.15, -0.1) is 0 Å². The van der Waals surface area contributed by atoms with Gasteiger partial charge in [-0.1, -0.05) is 12.1 Å². The maximum atomic E-state index is 9.50. The van der Waals surface area contributed by atoms with Crippen LogP contribution in [0.3, 0.4) is 0 Å². The number of hydrogen-bond acceptors (Lipinski definition) is 3. The summed E-state index contributed by atoms with van der Waals surface area (Å²) in [6.45, 7) is 1.69. The third kappa shape index (κ3) is 2.54. The van der Waals surface area contributed by atoms with Gasteiger partial charge in [0.1, 0.15) is 5.75 Å². The van der Waals surface area contributed by atoms with E-state index in [-0.39, 0.29) is 18.3 Å². The molecule has 2 rings (SSSR count). The number of benzene rings is 1. The lowest BCUT2D eigenvalue weighted by Gasteiger charge is -2.29. The Labute approximate surface area is 95.7 Å². The van der Waals surface area contributed by atoms with E-state index in [2.05, 4.69) is 0 Å². The summed E-state index contributed by atoms with van der Waals surface area (Å²) in [4.78, 5) is 0. The third-order valence-corrected chi connectivity index (χ3v) is 3.33. The van der Waals surface area contributed by atoms with Gasteiger partial charge in [0.15, 0.2) is 0 Å². The maximum Gasteiger partial charge on any atom is 0.115 e. The smallest absolute Gasteiger partial charge is 0.115 e. The molecule has 1 aromatic carbocycles. The van der Waals surface area contributed by atoms with Crippen molar-refractivity contribution in [1.29, 1.82) is 0 Å². The van der Waals surface area contributed by atoms with Gasteiger partial charge in [-0.25, -0.2) is 0 Å². The Morgan fingerprint density at radius 2 is 2.06 bits per heavy atom. The third-order valence-electron chi connectivity index (χ3n) is 3.33. The lowest BCUT2D eigenvalue weighted by Crippen LogP contribution is -2.24. The fourth-order valence-electron chi connectivity index (χ4n) is 2.40. The first-order chi connectivity index (χ1) is 7.81. The van der Waals surface area contributed by atoms with Crippen molar-refractivity contribution in [3.05, 3.63) is 29.8 Å². The zero-order valence-corrected chi connectivity index (χ0v) is 9.30.